The van der Waals surface area contributed by atoms with Crippen LogP contribution < -0.4 is 9.47 Å². The number of benzene rings is 2. The van der Waals surface area contributed by atoms with Crippen molar-refractivity contribution in [3.05, 3.63) is 57.6 Å². The number of likely N-dealkylation sites (tertiary alicyclic amines) is 1. The monoisotopic (exact) mass is 486 g/mol. The molecule has 0 aliphatic carbocycles. The van der Waals surface area contributed by atoms with Crippen LogP contribution in [0.4, 0.5) is 0 Å². The van der Waals surface area contributed by atoms with Gasteiger partial charge in [0.15, 0.2) is 11.5 Å². The number of carbonyl (C=O) groups is 1. The van der Waals surface area contributed by atoms with E-state index in [1.54, 1.807) is 14.2 Å². The molecule has 0 aromatic heterocycles. The minimum atomic E-state index is 0.114. The Morgan fingerprint density at radius 3 is 2.58 bits per heavy atom. The van der Waals surface area contributed by atoms with Gasteiger partial charge >= 0.3 is 0 Å². The number of aryl methyl sites for hydroxylation is 1. The normalized spacial score (nSPS) is 18.9. The Hall–Kier alpha value is -2.05. The molecule has 1 saturated heterocycles. The maximum atomic E-state index is 13.0. The van der Waals surface area contributed by atoms with Crippen LogP contribution in [0.1, 0.15) is 40.7 Å². The zero-order valence-corrected chi connectivity index (χ0v) is 20.0. The molecule has 4 rings (SSSR count). The second-order valence-electron chi connectivity index (χ2n) is 8.59. The van der Waals surface area contributed by atoms with Gasteiger partial charge in [0, 0.05) is 29.7 Å². The zero-order chi connectivity index (χ0) is 21.8. The van der Waals surface area contributed by atoms with E-state index in [0.717, 1.165) is 41.7 Å². The van der Waals surface area contributed by atoms with Crippen molar-refractivity contribution in [2.24, 2.45) is 5.92 Å². The van der Waals surface area contributed by atoms with Crippen molar-refractivity contribution >= 4 is 21.8 Å². The average molecular weight is 487 g/mol. The summed E-state index contributed by atoms with van der Waals surface area (Å²) in [5, 5.41) is 0. The minimum absolute atomic E-state index is 0.114. The molecule has 0 N–H and O–H groups in total. The summed E-state index contributed by atoms with van der Waals surface area (Å²) in [6, 6.07) is 12.4. The quantitative estimate of drug-likeness (QED) is 0.538. The number of piperidine rings is 1. The van der Waals surface area contributed by atoms with E-state index in [1.165, 1.54) is 31.4 Å². The molecule has 0 spiro atoms. The summed E-state index contributed by atoms with van der Waals surface area (Å²) >= 11 is 3.50. The number of ether oxygens (including phenoxy) is 2. The highest BCUT2D eigenvalue weighted by molar-refractivity contribution is 9.10. The van der Waals surface area contributed by atoms with Gasteiger partial charge in [-0.2, -0.15) is 0 Å². The number of halogens is 1. The smallest absolute Gasteiger partial charge is 0.254 e. The van der Waals surface area contributed by atoms with Crippen molar-refractivity contribution in [1.82, 2.24) is 9.80 Å². The first-order chi connectivity index (χ1) is 15.1. The van der Waals surface area contributed by atoms with Gasteiger partial charge in [0.1, 0.15) is 0 Å². The first kappa shape index (κ1) is 22.2. The van der Waals surface area contributed by atoms with Crippen LogP contribution in [0.2, 0.25) is 0 Å². The summed E-state index contributed by atoms with van der Waals surface area (Å²) in [7, 11) is 3.24. The molecule has 31 heavy (non-hydrogen) atoms. The molecule has 2 aliphatic heterocycles. The topological polar surface area (TPSA) is 42.0 Å². The molecule has 2 aromatic rings. The van der Waals surface area contributed by atoms with E-state index in [9.17, 15) is 4.79 Å². The highest BCUT2D eigenvalue weighted by Crippen LogP contribution is 2.35. The summed E-state index contributed by atoms with van der Waals surface area (Å²) in [6.07, 6.45) is 4.68. The van der Waals surface area contributed by atoms with Gasteiger partial charge in [0.2, 0.25) is 0 Å². The Morgan fingerprint density at radius 2 is 1.84 bits per heavy atom. The number of rotatable bonds is 8. The number of amides is 1. The number of methoxy groups -OCH3 is 2. The predicted molar refractivity (Wildman–Crippen MR) is 126 cm³/mol. The van der Waals surface area contributed by atoms with Crippen LogP contribution in [0.3, 0.4) is 0 Å². The summed E-state index contributed by atoms with van der Waals surface area (Å²) < 4.78 is 11.9. The molecule has 5 nitrogen and oxygen atoms in total. The molecule has 1 atom stereocenters. The van der Waals surface area contributed by atoms with Crippen LogP contribution in [0.5, 0.6) is 11.5 Å². The first-order valence-electron chi connectivity index (χ1n) is 11.1. The minimum Gasteiger partial charge on any atom is -0.493 e. The van der Waals surface area contributed by atoms with Gasteiger partial charge in [-0.1, -0.05) is 28.1 Å². The molecular weight excluding hydrogens is 456 g/mol. The van der Waals surface area contributed by atoms with E-state index in [0.29, 0.717) is 24.0 Å². The van der Waals surface area contributed by atoms with Gasteiger partial charge in [-0.15, -0.1) is 0 Å². The van der Waals surface area contributed by atoms with Crippen LogP contribution in [0.25, 0.3) is 0 Å². The molecule has 1 amide bonds. The predicted octanol–water partition coefficient (Wildman–Crippen LogP) is 4.77. The fourth-order valence-corrected chi connectivity index (χ4v) is 5.08. The van der Waals surface area contributed by atoms with Gasteiger partial charge < -0.3 is 19.3 Å². The van der Waals surface area contributed by atoms with E-state index in [1.807, 2.05) is 17.0 Å². The molecule has 1 unspecified atom stereocenters. The van der Waals surface area contributed by atoms with Gasteiger partial charge in [0.25, 0.3) is 5.91 Å². The van der Waals surface area contributed by atoms with Gasteiger partial charge in [-0.3, -0.25) is 4.79 Å². The lowest BCUT2D eigenvalue weighted by atomic mass is 9.97. The highest BCUT2D eigenvalue weighted by atomic mass is 79.9. The van der Waals surface area contributed by atoms with Crippen molar-refractivity contribution in [2.75, 3.05) is 40.4 Å². The lowest BCUT2D eigenvalue weighted by Crippen LogP contribution is -2.41. The maximum Gasteiger partial charge on any atom is 0.254 e. The lowest BCUT2D eigenvalue weighted by molar-refractivity contribution is 0.0701. The standard InChI is InChI=1S/C25H31BrN2O3/c1-30-23-13-20-17-28(25(29)22(20)14-24(23)31-2)16-19-6-4-12-27(15-19)11-3-5-18-7-9-21(26)10-8-18/h7-10,13-14,19H,3-6,11-12,15-17H2,1-2H3. The molecule has 2 aliphatic rings. The number of fused-ring (bicyclic) bond motifs is 1. The molecule has 0 radical (unpaired) electrons. The van der Waals surface area contributed by atoms with Gasteiger partial charge in [-0.05, 0) is 80.1 Å². The van der Waals surface area contributed by atoms with Crippen molar-refractivity contribution in [1.29, 1.82) is 0 Å². The Balaban J connectivity index is 1.30. The molecule has 6 heteroatoms. The SMILES string of the molecule is COc1cc2c(cc1OC)C(=O)N(CC1CCCN(CCCc3ccc(Br)cc3)C1)C2. The summed E-state index contributed by atoms with van der Waals surface area (Å²) in [4.78, 5) is 17.6. The number of nitrogens with zero attached hydrogens (tertiary/aromatic N) is 2. The molecule has 2 heterocycles. The lowest BCUT2D eigenvalue weighted by Gasteiger charge is -2.34. The summed E-state index contributed by atoms with van der Waals surface area (Å²) in [5.41, 5.74) is 3.17. The van der Waals surface area contributed by atoms with Gasteiger partial charge in [0.05, 0.1) is 14.2 Å². The van der Waals surface area contributed by atoms with Crippen molar-refractivity contribution in [2.45, 2.75) is 32.2 Å². The number of carbonyl (C=O) groups excluding carboxylic acids is 1. The van der Waals surface area contributed by atoms with E-state index >= 15 is 0 Å². The Kier molecular flexibility index (Phi) is 7.18. The van der Waals surface area contributed by atoms with Crippen LogP contribution in [0.15, 0.2) is 40.9 Å². The highest BCUT2D eigenvalue weighted by Gasteiger charge is 2.32. The van der Waals surface area contributed by atoms with Crippen LogP contribution in [-0.2, 0) is 13.0 Å². The zero-order valence-electron chi connectivity index (χ0n) is 18.4. The third kappa shape index (κ3) is 5.24. The van der Waals surface area contributed by atoms with E-state index in [4.69, 9.17) is 9.47 Å². The largest absolute Gasteiger partial charge is 0.493 e. The van der Waals surface area contributed by atoms with Crippen LogP contribution >= 0.6 is 15.9 Å². The maximum absolute atomic E-state index is 13.0. The van der Waals surface area contributed by atoms with Crippen molar-refractivity contribution in [3.8, 4) is 11.5 Å². The second kappa shape index (κ2) is 10.0. The number of hydrogen-bond donors (Lipinski definition) is 0. The fraction of sp³-hybridized carbons (Fsp3) is 0.480. The van der Waals surface area contributed by atoms with E-state index < -0.39 is 0 Å². The van der Waals surface area contributed by atoms with Gasteiger partial charge in [-0.25, -0.2) is 0 Å². The average Bonchev–Trinajstić information content (AvgIpc) is 3.08. The Labute approximate surface area is 193 Å². The third-order valence-electron chi connectivity index (χ3n) is 6.42. The molecular formula is C25H31BrN2O3. The van der Waals surface area contributed by atoms with Crippen LogP contribution in [0, 0.1) is 5.92 Å². The fourth-order valence-electron chi connectivity index (χ4n) is 4.82. The third-order valence-corrected chi connectivity index (χ3v) is 6.95. The van der Waals surface area contributed by atoms with Crippen LogP contribution in [-0.4, -0.2) is 56.1 Å². The first-order valence-corrected chi connectivity index (χ1v) is 11.9. The molecule has 1 fully saturated rings. The van der Waals surface area contributed by atoms with Crippen molar-refractivity contribution < 1.29 is 14.3 Å². The molecule has 0 saturated carbocycles. The molecule has 0 bridgehead atoms. The van der Waals surface area contributed by atoms with Crippen molar-refractivity contribution in [3.63, 3.8) is 0 Å². The molecule has 2 aromatic carbocycles. The Morgan fingerprint density at radius 1 is 1.10 bits per heavy atom. The Bertz CT molecular complexity index is 916. The second-order valence-corrected chi connectivity index (χ2v) is 9.50. The van der Waals surface area contributed by atoms with E-state index in [2.05, 4.69) is 45.1 Å². The van der Waals surface area contributed by atoms with E-state index in [-0.39, 0.29) is 5.91 Å². The summed E-state index contributed by atoms with van der Waals surface area (Å²) in [5.74, 6) is 1.95. The summed E-state index contributed by atoms with van der Waals surface area (Å²) in [6.45, 7) is 4.84. The number of hydrogen-bond acceptors (Lipinski definition) is 4. The molecule has 166 valence electrons.